The molecule has 0 bridgehead atoms. The van der Waals surface area contributed by atoms with Crippen molar-refractivity contribution in [2.45, 2.75) is 91.1 Å². The largest absolute Gasteiger partial charge is 0.455 e. The van der Waals surface area contributed by atoms with E-state index in [4.69, 9.17) is 22.1 Å². The quantitative estimate of drug-likeness (QED) is 0.186. The Morgan fingerprint density at radius 3 is 2.08 bits per heavy atom. The van der Waals surface area contributed by atoms with E-state index in [1.165, 1.54) is 22.7 Å². The summed E-state index contributed by atoms with van der Waals surface area (Å²) in [6.07, 6.45) is 7.53. The van der Waals surface area contributed by atoms with Crippen LogP contribution >= 0.6 is 11.6 Å². The maximum absolute atomic E-state index is 14.6. The minimum absolute atomic E-state index is 0.0402. The van der Waals surface area contributed by atoms with Crippen molar-refractivity contribution in [3.63, 3.8) is 0 Å². The van der Waals surface area contributed by atoms with Gasteiger partial charge < -0.3 is 14.9 Å². The molecule has 3 N–H and O–H groups in total. The minimum Gasteiger partial charge on any atom is -0.455 e. The SMILES string of the molecule is Cc1ccc(S(=O)(=O)NC(=O)c2cn3cc(-c4ccc(Cl)cc4)c(C(=O)OC4(C(C(C)(C)C)C(C)(C)C)CCCCC4)c3nc2N)cc1. The summed E-state index contributed by atoms with van der Waals surface area (Å²) in [4.78, 5) is 32.4. The topological polar surface area (TPSA) is 133 Å². The van der Waals surface area contributed by atoms with E-state index in [0.717, 1.165) is 37.7 Å². The lowest BCUT2D eigenvalue weighted by Crippen LogP contribution is -2.54. The molecule has 0 unspecified atom stereocenters. The molecular formula is C37H45ClN4O5S. The number of nitrogens with zero attached hydrogens (tertiary/aromatic N) is 2. The van der Waals surface area contributed by atoms with E-state index in [1.54, 1.807) is 42.6 Å². The first-order valence-corrected chi connectivity index (χ1v) is 18.1. The molecule has 1 amide bonds. The average Bonchev–Trinajstić information content (AvgIpc) is 3.34. The van der Waals surface area contributed by atoms with Crippen molar-refractivity contribution < 1.29 is 22.7 Å². The van der Waals surface area contributed by atoms with Crippen molar-refractivity contribution >= 4 is 45.0 Å². The summed E-state index contributed by atoms with van der Waals surface area (Å²) in [6, 6.07) is 13.2. The van der Waals surface area contributed by atoms with Crippen molar-refractivity contribution in [3.8, 4) is 11.1 Å². The van der Waals surface area contributed by atoms with Crippen molar-refractivity contribution in [1.82, 2.24) is 14.1 Å². The maximum atomic E-state index is 14.6. The van der Waals surface area contributed by atoms with Gasteiger partial charge in [-0.25, -0.2) is 22.9 Å². The van der Waals surface area contributed by atoms with Crippen LogP contribution < -0.4 is 10.5 Å². The van der Waals surface area contributed by atoms with Crippen LogP contribution in [-0.2, 0) is 14.8 Å². The number of sulfonamides is 1. The Bertz CT molecular complexity index is 1930. The standard InChI is InChI=1S/C37H45ClN4O5S/c1-23-11-17-26(18-12-23)48(45,46)41-32(43)28-22-42-21-27(24-13-15-25(38)16-14-24)29(31(42)40-30(28)39)33(44)47-37(19-9-8-10-20-37)34(35(2,3)4)36(5,6)7/h11-18,21-22,34H,8-10,19-20H2,1-7H3,(H2,39,40)(H,41,43). The fraction of sp³-hybridized carbons (Fsp3) is 0.432. The Labute approximate surface area is 288 Å². The van der Waals surface area contributed by atoms with Gasteiger partial charge in [0.2, 0.25) is 0 Å². The molecular weight excluding hydrogens is 648 g/mol. The number of nitrogen functional groups attached to an aromatic ring is 1. The summed E-state index contributed by atoms with van der Waals surface area (Å²) in [5.41, 5.74) is 7.58. The highest BCUT2D eigenvalue weighted by Crippen LogP contribution is 2.53. The zero-order valence-corrected chi connectivity index (χ0v) is 30.3. The first-order chi connectivity index (χ1) is 22.3. The van der Waals surface area contributed by atoms with Gasteiger partial charge in [0.25, 0.3) is 15.9 Å². The van der Waals surface area contributed by atoms with Gasteiger partial charge in [0.15, 0.2) is 5.65 Å². The number of nitrogens with one attached hydrogen (secondary N) is 1. The van der Waals surface area contributed by atoms with Crippen LogP contribution in [0.1, 0.15) is 99.9 Å². The molecule has 1 aliphatic carbocycles. The Morgan fingerprint density at radius 2 is 1.52 bits per heavy atom. The number of hydrogen-bond donors (Lipinski definition) is 2. The van der Waals surface area contributed by atoms with Crippen molar-refractivity contribution in [2.24, 2.45) is 16.7 Å². The monoisotopic (exact) mass is 692 g/mol. The molecule has 1 saturated carbocycles. The molecule has 5 rings (SSSR count). The molecule has 2 heterocycles. The highest BCUT2D eigenvalue weighted by Gasteiger charge is 2.53. The van der Waals surface area contributed by atoms with Gasteiger partial charge in [-0.05, 0) is 73.3 Å². The molecule has 0 saturated heterocycles. The second-order valence-corrected chi connectivity index (χ2v) is 17.2. The lowest BCUT2D eigenvalue weighted by Gasteiger charge is -2.54. The third kappa shape index (κ3) is 7.10. The number of amides is 1. The van der Waals surface area contributed by atoms with Crippen LogP contribution in [0, 0.1) is 23.7 Å². The molecule has 48 heavy (non-hydrogen) atoms. The number of ether oxygens (including phenoxy) is 1. The molecule has 0 spiro atoms. The van der Waals surface area contributed by atoms with E-state index >= 15 is 0 Å². The van der Waals surface area contributed by atoms with Gasteiger partial charge in [0.1, 0.15) is 17.0 Å². The number of fused-ring (bicyclic) bond motifs is 1. The van der Waals surface area contributed by atoms with E-state index in [9.17, 15) is 18.0 Å². The molecule has 0 atom stereocenters. The number of carbonyl (C=O) groups is 2. The highest BCUT2D eigenvalue weighted by atomic mass is 35.5. The fourth-order valence-corrected chi connectivity index (χ4v) is 9.09. The smallest absolute Gasteiger partial charge is 0.343 e. The van der Waals surface area contributed by atoms with Gasteiger partial charge >= 0.3 is 5.97 Å². The number of aryl methyl sites for hydroxylation is 1. The van der Waals surface area contributed by atoms with E-state index in [1.807, 2.05) is 6.92 Å². The molecule has 9 nitrogen and oxygen atoms in total. The summed E-state index contributed by atoms with van der Waals surface area (Å²) in [5, 5.41) is 0.530. The number of anilines is 1. The van der Waals surface area contributed by atoms with Crippen molar-refractivity contribution in [3.05, 3.63) is 82.6 Å². The summed E-state index contributed by atoms with van der Waals surface area (Å²) in [5.74, 6) is -1.68. The summed E-state index contributed by atoms with van der Waals surface area (Å²) >= 11 is 6.21. The first-order valence-electron chi connectivity index (χ1n) is 16.3. The van der Waals surface area contributed by atoms with Crippen LogP contribution in [0.4, 0.5) is 5.82 Å². The van der Waals surface area contributed by atoms with Crippen LogP contribution in [0.25, 0.3) is 16.8 Å². The Morgan fingerprint density at radius 1 is 0.938 bits per heavy atom. The summed E-state index contributed by atoms with van der Waals surface area (Å²) < 4.78 is 36.4. The maximum Gasteiger partial charge on any atom is 0.343 e. The van der Waals surface area contributed by atoms with Gasteiger partial charge in [0.05, 0.1) is 10.5 Å². The molecule has 1 aliphatic rings. The summed E-state index contributed by atoms with van der Waals surface area (Å²) in [7, 11) is -4.19. The van der Waals surface area contributed by atoms with E-state index < -0.39 is 27.5 Å². The Hall–Kier alpha value is -3.89. The fourth-order valence-electron chi connectivity index (χ4n) is 8.00. The molecule has 11 heteroatoms. The van der Waals surface area contributed by atoms with E-state index in [2.05, 4.69) is 51.2 Å². The zero-order chi connectivity index (χ0) is 35.2. The zero-order valence-electron chi connectivity index (χ0n) is 28.7. The van der Waals surface area contributed by atoms with Crippen LogP contribution in [0.5, 0.6) is 0 Å². The number of benzene rings is 2. The van der Waals surface area contributed by atoms with E-state index in [-0.39, 0.29) is 44.2 Å². The van der Waals surface area contributed by atoms with Gasteiger partial charge in [-0.15, -0.1) is 0 Å². The molecule has 2 aromatic carbocycles. The van der Waals surface area contributed by atoms with Gasteiger partial charge in [0, 0.05) is 28.9 Å². The Balaban J connectivity index is 1.62. The van der Waals surface area contributed by atoms with Gasteiger partial charge in [-0.1, -0.05) is 89.4 Å². The molecule has 256 valence electrons. The van der Waals surface area contributed by atoms with E-state index in [0.29, 0.717) is 16.1 Å². The van der Waals surface area contributed by atoms with Crippen molar-refractivity contribution in [1.29, 1.82) is 0 Å². The number of rotatable bonds is 7. The second kappa shape index (κ2) is 12.9. The molecule has 4 aromatic rings. The van der Waals surface area contributed by atoms with Gasteiger partial charge in [-0.2, -0.15) is 0 Å². The molecule has 2 aromatic heterocycles. The predicted octanol–water partition coefficient (Wildman–Crippen LogP) is 8.23. The van der Waals surface area contributed by atoms with Crippen molar-refractivity contribution in [2.75, 3.05) is 5.73 Å². The predicted molar refractivity (Wildman–Crippen MR) is 190 cm³/mol. The highest BCUT2D eigenvalue weighted by molar-refractivity contribution is 7.90. The number of hydrogen-bond acceptors (Lipinski definition) is 7. The number of esters is 1. The van der Waals surface area contributed by atoms with Crippen LogP contribution in [0.15, 0.2) is 65.8 Å². The molecule has 0 radical (unpaired) electrons. The lowest BCUT2D eigenvalue weighted by molar-refractivity contribution is -0.136. The average molecular weight is 693 g/mol. The van der Waals surface area contributed by atoms with Crippen LogP contribution in [-0.4, -0.2) is 35.3 Å². The third-order valence-corrected chi connectivity index (χ3v) is 10.8. The summed E-state index contributed by atoms with van der Waals surface area (Å²) in [6.45, 7) is 15.0. The number of carbonyl (C=O) groups excluding carboxylic acids is 2. The first kappa shape index (κ1) is 35.4. The molecule has 1 fully saturated rings. The second-order valence-electron chi connectivity index (χ2n) is 15.1. The Kier molecular flexibility index (Phi) is 9.49. The molecule has 0 aliphatic heterocycles. The third-order valence-electron chi connectivity index (χ3n) is 9.19. The minimum atomic E-state index is -4.19. The normalized spacial score (nSPS) is 15.4. The van der Waals surface area contributed by atoms with Crippen LogP contribution in [0.2, 0.25) is 5.02 Å². The number of nitrogens with two attached hydrogens (primary N) is 1. The lowest BCUT2D eigenvalue weighted by atomic mass is 9.56. The van der Waals surface area contributed by atoms with Crippen LogP contribution in [0.3, 0.4) is 0 Å². The number of halogens is 1. The van der Waals surface area contributed by atoms with Gasteiger partial charge in [-0.3, -0.25) is 4.79 Å². The number of aromatic nitrogens is 2.